The summed E-state index contributed by atoms with van der Waals surface area (Å²) in [7, 11) is 0. The fourth-order valence-electron chi connectivity index (χ4n) is 5.63. The molecule has 0 N–H and O–H groups in total. The fourth-order valence-corrected chi connectivity index (χ4v) is 5.63. The largest absolute Gasteiger partial charge is 0.464 e. The molecule has 2 saturated carbocycles. The molecule has 5 rings (SSSR count). The summed E-state index contributed by atoms with van der Waals surface area (Å²) in [5.41, 5.74) is 3.08. The van der Waals surface area contributed by atoms with Crippen LogP contribution >= 0.6 is 0 Å². The van der Waals surface area contributed by atoms with Crippen LogP contribution in [0.15, 0.2) is 47.1 Å². The van der Waals surface area contributed by atoms with Gasteiger partial charge in [0.1, 0.15) is 5.58 Å². The molecule has 0 radical (unpaired) electrons. The van der Waals surface area contributed by atoms with Crippen molar-refractivity contribution >= 4 is 11.0 Å². The van der Waals surface area contributed by atoms with Gasteiger partial charge in [-0.25, -0.2) is 0 Å². The van der Waals surface area contributed by atoms with E-state index in [1.807, 2.05) is 6.26 Å². The van der Waals surface area contributed by atoms with Gasteiger partial charge in [-0.3, -0.25) is 0 Å². The van der Waals surface area contributed by atoms with E-state index in [1.165, 1.54) is 36.6 Å². The van der Waals surface area contributed by atoms with Crippen molar-refractivity contribution in [3.05, 3.63) is 48.2 Å². The van der Waals surface area contributed by atoms with Gasteiger partial charge in [-0.15, -0.1) is 0 Å². The number of benzene rings is 1. The van der Waals surface area contributed by atoms with E-state index >= 15 is 0 Å². The van der Waals surface area contributed by atoms with Crippen LogP contribution in [0.25, 0.3) is 11.0 Å². The Balaban J connectivity index is 1.35. The lowest BCUT2D eigenvalue weighted by molar-refractivity contribution is 0.337. The maximum Gasteiger partial charge on any atom is 0.134 e. The Morgan fingerprint density at radius 1 is 1.29 bits per heavy atom. The minimum atomic E-state index is 0.639. The van der Waals surface area contributed by atoms with E-state index < -0.39 is 0 Å². The predicted molar refractivity (Wildman–Crippen MR) is 85.0 cm³/mol. The molecular formula is C20H22O. The van der Waals surface area contributed by atoms with Crippen molar-refractivity contribution in [1.29, 1.82) is 0 Å². The van der Waals surface area contributed by atoms with E-state index in [4.69, 9.17) is 4.42 Å². The van der Waals surface area contributed by atoms with Gasteiger partial charge in [0.05, 0.1) is 6.26 Å². The number of para-hydroxylation sites is 1. The Labute approximate surface area is 126 Å². The van der Waals surface area contributed by atoms with Crippen molar-refractivity contribution in [3.8, 4) is 0 Å². The lowest BCUT2D eigenvalue weighted by Crippen LogP contribution is -2.20. The summed E-state index contributed by atoms with van der Waals surface area (Å²) in [5, 5.41) is 1.31. The molecule has 0 saturated heterocycles. The van der Waals surface area contributed by atoms with Gasteiger partial charge in [0.25, 0.3) is 0 Å². The Morgan fingerprint density at radius 2 is 2.19 bits per heavy atom. The highest BCUT2D eigenvalue weighted by molar-refractivity contribution is 5.80. The molecule has 1 nitrogen and oxygen atoms in total. The minimum Gasteiger partial charge on any atom is -0.464 e. The maximum atomic E-state index is 5.68. The Morgan fingerprint density at radius 3 is 3.00 bits per heavy atom. The van der Waals surface area contributed by atoms with Gasteiger partial charge in [-0.2, -0.15) is 0 Å². The van der Waals surface area contributed by atoms with Gasteiger partial charge in [0, 0.05) is 10.8 Å². The van der Waals surface area contributed by atoms with Gasteiger partial charge in [0.2, 0.25) is 0 Å². The molecule has 1 aromatic heterocycles. The van der Waals surface area contributed by atoms with E-state index in [1.54, 1.807) is 0 Å². The van der Waals surface area contributed by atoms with Crippen LogP contribution in [0, 0.1) is 29.1 Å². The Kier molecular flexibility index (Phi) is 2.32. The molecule has 1 heteroatoms. The SMILES string of the molecule is CCC1CC2C=CC23C(CCc2coc4ccccc24)C13. The zero-order valence-electron chi connectivity index (χ0n) is 12.6. The molecule has 2 fully saturated rings. The van der Waals surface area contributed by atoms with E-state index in [9.17, 15) is 0 Å². The van der Waals surface area contributed by atoms with Crippen LogP contribution in [0.4, 0.5) is 0 Å². The normalized spacial score (nSPS) is 39.1. The molecule has 1 heterocycles. The minimum absolute atomic E-state index is 0.639. The average Bonchev–Trinajstić information content (AvgIpc) is 2.92. The van der Waals surface area contributed by atoms with Gasteiger partial charge < -0.3 is 4.42 Å². The second-order valence-electron chi connectivity index (χ2n) is 7.30. The smallest absolute Gasteiger partial charge is 0.134 e. The van der Waals surface area contributed by atoms with E-state index in [2.05, 4.69) is 43.3 Å². The summed E-state index contributed by atoms with van der Waals surface area (Å²) in [4.78, 5) is 0. The third kappa shape index (κ3) is 1.42. The lowest BCUT2D eigenvalue weighted by Gasteiger charge is -2.28. The summed E-state index contributed by atoms with van der Waals surface area (Å²) in [5.74, 6) is 3.84. The summed E-state index contributed by atoms with van der Waals surface area (Å²) < 4.78 is 5.68. The highest BCUT2D eigenvalue weighted by Crippen LogP contribution is 2.79. The van der Waals surface area contributed by atoms with Crippen LogP contribution in [-0.4, -0.2) is 0 Å². The van der Waals surface area contributed by atoms with E-state index in [-0.39, 0.29) is 0 Å². The van der Waals surface area contributed by atoms with Crippen molar-refractivity contribution in [3.63, 3.8) is 0 Å². The number of furan rings is 1. The highest BCUT2D eigenvalue weighted by atomic mass is 16.3. The average molecular weight is 278 g/mol. The molecule has 3 aliphatic carbocycles. The molecule has 1 aromatic carbocycles. The van der Waals surface area contributed by atoms with E-state index in [0.29, 0.717) is 5.41 Å². The van der Waals surface area contributed by atoms with Gasteiger partial charge in [-0.1, -0.05) is 43.7 Å². The standard InChI is InChI=1S/C20H22O/c1-2-13-11-15-9-10-20(15)17(19(13)20)8-7-14-12-21-18-6-4-3-5-16(14)18/h3-6,9-10,12-13,15,17,19H,2,7-8,11H2,1H3. The lowest BCUT2D eigenvalue weighted by atomic mass is 9.76. The number of rotatable bonds is 4. The molecule has 108 valence electrons. The number of allylic oxidation sites excluding steroid dienone is 2. The zero-order chi connectivity index (χ0) is 14.0. The van der Waals surface area contributed by atoms with Gasteiger partial charge in [0.15, 0.2) is 0 Å². The van der Waals surface area contributed by atoms with Crippen LogP contribution in [-0.2, 0) is 6.42 Å². The molecule has 5 atom stereocenters. The monoisotopic (exact) mass is 278 g/mol. The first-order chi connectivity index (χ1) is 10.3. The first kappa shape index (κ1) is 12.1. The summed E-state index contributed by atoms with van der Waals surface area (Å²) in [6.07, 6.45) is 12.4. The van der Waals surface area contributed by atoms with Crippen molar-refractivity contribution in [2.75, 3.05) is 0 Å². The van der Waals surface area contributed by atoms with E-state index in [0.717, 1.165) is 29.3 Å². The maximum absolute atomic E-state index is 5.68. The number of fused-ring (bicyclic) bond motifs is 1. The molecule has 1 spiro atoms. The Bertz CT molecular complexity index is 724. The highest BCUT2D eigenvalue weighted by Gasteiger charge is 2.74. The summed E-state index contributed by atoms with van der Waals surface area (Å²) >= 11 is 0. The van der Waals surface area contributed by atoms with Crippen molar-refractivity contribution in [1.82, 2.24) is 0 Å². The number of hydrogen-bond donors (Lipinski definition) is 0. The molecule has 0 bridgehead atoms. The number of hydrogen-bond acceptors (Lipinski definition) is 1. The quantitative estimate of drug-likeness (QED) is 0.699. The molecule has 5 unspecified atom stereocenters. The molecule has 3 aliphatic rings. The van der Waals surface area contributed by atoms with Crippen LogP contribution in [0.2, 0.25) is 0 Å². The van der Waals surface area contributed by atoms with Crippen LogP contribution in [0.1, 0.15) is 31.7 Å². The van der Waals surface area contributed by atoms with Gasteiger partial charge >= 0.3 is 0 Å². The van der Waals surface area contributed by atoms with Crippen LogP contribution < -0.4 is 0 Å². The molecule has 0 aliphatic heterocycles. The second kappa shape index (κ2) is 4.03. The zero-order valence-corrected chi connectivity index (χ0v) is 12.6. The first-order valence-electron chi connectivity index (χ1n) is 8.49. The van der Waals surface area contributed by atoms with Crippen LogP contribution in [0.5, 0.6) is 0 Å². The number of aryl methyl sites for hydroxylation is 1. The van der Waals surface area contributed by atoms with Crippen molar-refractivity contribution < 1.29 is 4.42 Å². The third-order valence-corrected chi connectivity index (χ3v) is 6.68. The van der Waals surface area contributed by atoms with Crippen molar-refractivity contribution in [2.45, 2.75) is 32.6 Å². The Hall–Kier alpha value is -1.50. The van der Waals surface area contributed by atoms with Crippen LogP contribution in [0.3, 0.4) is 0 Å². The fraction of sp³-hybridized carbons (Fsp3) is 0.500. The topological polar surface area (TPSA) is 13.1 Å². The summed E-state index contributed by atoms with van der Waals surface area (Å²) in [6.45, 7) is 2.38. The molecule has 2 aromatic rings. The second-order valence-corrected chi connectivity index (χ2v) is 7.30. The summed E-state index contributed by atoms with van der Waals surface area (Å²) in [6, 6.07) is 8.43. The van der Waals surface area contributed by atoms with Gasteiger partial charge in [-0.05, 0) is 54.6 Å². The molecular weight excluding hydrogens is 256 g/mol. The third-order valence-electron chi connectivity index (χ3n) is 6.68. The predicted octanol–water partition coefficient (Wildman–Crippen LogP) is 5.21. The molecule has 21 heavy (non-hydrogen) atoms. The molecule has 0 amide bonds. The van der Waals surface area contributed by atoms with Crippen molar-refractivity contribution in [2.24, 2.45) is 29.1 Å². The first-order valence-corrected chi connectivity index (χ1v) is 8.49.